The molecule has 0 N–H and O–H groups in total. The van der Waals surface area contributed by atoms with E-state index in [4.69, 9.17) is 0 Å². The highest BCUT2D eigenvalue weighted by atomic mass is 19.1. The molecule has 0 bridgehead atoms. The maximum atomic E-state index is 12.6. The second-order valence-corrected chi connectivity index (χ2v) is 4.04. The predicted molar refractivity (Wildman–Crippen MR) is 67.2 cm³/mol. The molecule has 0 unspecified atom stereocenters. The molecule has 0 heterocycles. The number of hydrogen-bond acceptors (Lipinski definition) is 3. The number of ketones is 1. The van der Waals surface area contributed by atoms with Gasteiger partial charge in [-0.05, 0) is 24.3 Å². The van der Waals surface area contributed by atoms with E-state index in [9.17, 15) is 23.2 Å². The van der Waals surface area contributed by atoms with Crippen LogP contribution in [0.25, 0.3) is 0 Å². The number of carbonyl (C=O) groups excluding carboxylic acids is 3. The number of halogens is 2. The van der Waals surface area contributed by atoms with E-state index in [1.165, 1.54) is 36.4 Å². The van der Waals surface area contributed by atoms with Crippen molar-refractivity contribution in [2.24, 2.45) is 0 Å². The normalized spacial score (nSPS) is 10.1. The molecule has 0 aliphatic carbocycles. The molecule has 100 valence electrons. The van der Waals surface area contributed by atoms with Crippen molar-refractivity contribution in [3.8, 4) is 0 Å². The Morgan fingerprint density at radius 3 is 1.35 bits per heavy atom. The van der Waals surface area contributed by atoms with Crippen molar-refractivity contribution in [2.75, 3.05) is 0 Å². The molecule has 0 saturated carbocycles. The van der Waals surface area contributed by atoms with Gasteiger partial charge >= 0.3 is 12.1 Å². The number of hydrogen-bond donors (Lipinski definition) is 0. The molecule has 0 spiro atoms. The summed E-state index contributed by atoms with van der Waals surface area (Å²) in [6, 6.07) is 6.93. The molecule has 0 aliphatic heterocycles. The molecule has 0 aromatic heterocycles. The Hall–Kier alpha value is -2.69. The first kappa shape index (κ1) is 13.7. The number of carbonyl (C=O) groups is 3. The minimum atomic E-state index is -1.65. The molecule has 0 fully saturated rings. The fourth-order valence-electron chi connectivity index (χ4n) is 1.73. The Morgan fingerprint density at radius 1 is 0.650 bits per heavy atom. The zero-order valence-corrected chi connectivity index (χ0v) is 10.1. The molecule has 5 heteroatoms. The highest BCUT2D eigenvalue weighted by Crippen LogP contribution is 2.14. The standard InChI is InChI=1S/C15H8F2O3/c16-14(19)11-5-1-3-9(7-11)13(18)10-4-2-6-12(8-10)15(17)20/h1-8H. The third kappa shape index (κ3) is 2.83. The third-order valence-corrected chi connectivity index (χ3v) is 2.70. The summed E-state index contributed by atoms with van der Waals surface area (Å²) in [5.74, 6) is -0.531. The van der Waals surface area contributed by atoms with Gasteiger partial charge in [0.25, 0.3) is 0 Å². The van der Waals surface area contributed by atoms with E-state index in [2.05, 4.69) is 0 Å². The fourth-order valence-corrected chi connectivity index (χ4v) is 1.73. The van der Waals surface area contributed by atoms with Gasteiger partial charge in [0.05, 0.1) is 11.1 Å². The molecule has 20 heavy (non-hydrogen) atoms. The Morgan fingerprint density at radius 2 is 1.00 bits per heavy atom. The van der Waals surface area contributed by atoms with Crippen LogP contribution in [0.2, 0.25) is 0 Å². The molecule has 2 aromatic rings. The van der Waals surface area contributed by atoms with Gasteiger partial charge in [0.2, 0.25) is 0 Å². The van der Waals surface area contributed by atoms with E-state index in [0.29, 0.717) is 0 Å². The van der Waals surface area contributed by atoms with Crippen molar-refractivity contribution in [2.45, 2.75) is 0 Å². The maximum absolute atomic E-state index is 12.6. The second kappa shape index (κ2) is 5.52. The van der Waals surface area contributed by atoms with Gasteiger partial charge < -0.3 is 0 Å². The van der Waals surface area contributed by atoms with Crippen LogP contribution in [0.3, 0.4) is 0 Å². The fraction of sp³-hybridized carbons (Fsp3) is 0. The van der Waals surface area contributed by atoms with Crippen LogP contribution in [0.5, 0.6) is 0 Å². The van der Waals surface area contributed by atoms with E-state index in [0.717, 1.165) is 12.1 Å². The van der Waals surface area contributed by atoms with E-state index in [-0.39, 0.29) is 22.3 Å². The Labute approximate surface area is 112 Å². The van der Waals surface area contributed by atoms with Crippen molar-refractivity contribution in [1.29, 1.82) is 0 Å². The number of rotatable bonds is 4. The molecule has 0 aliphatic rings. The van der Waals surface area contributed by atoms with Crippen molar-refractivity contribution in [1.82, 2.24) is 0 Å². The van der Waals surface area contributed by atoms with E-state index in [1.54, 1.807) is 0 Å². The molecule has 3 nitrogen and oxygen atoms in total. The smallest absolute Gasteiger partial charge is 0.289 e. The summed E-state index contributed by atoms with van der Waals surface area (Å²) >= 11 is 0. The van der Waals surface area contributed by atoms with Crippen molar-refractivity contribution < 1.29 is 23.2 Å². The second-order valence-electron chi connectivity index (χ2n) is 4.04. The quantitative estimate of drug-likeness (QED) is 0.635. The minimum absolute atomic E-state index is 0.0805. The van der Waals surface area contributed by atoms with Gasteiger partial charge in [0.1, 0.15) is 0 Å². The van der Waals surface area contributed by atoms with Crippen molar-refractivity contribution in [3.05, 3.63) is 70.8 Å². The van der Waals surface area contributed by atoms with Crippen molar-refractivity contribution >= 4 is 17.9 Å². The lowest BCUT2D eigenvalue weighted by atomic mass is 10.00. The Kier molecular flexibility index (Phi) is 3.79. The van der Waals surface area contributed by atoms with Crippen LogP contribution in [-0.2, 0) is 0 Å². The SMILES string of the molecule is O=C(F)c1cccc(C(=O)c2cccc(C(=O)F)c2)c1. The molecule has 2 rings (SSSR count). The van der Waals surface area contributed by atoms with Crippen LogP contribution in [-0.4, -0.2) is 17.9 Å². The Balaban J connectivity index is 2.41. The molecule has 0 amide bonds. The summed E-state index contributed by atoms with van der Waals surface area (Å²) in [5, 5.41) is 0. The van der Waals surface area contributed by atoms with E-state index < -0.39 is 17.9 Å². The summed E-state index contributed by atoms with van der Waals surface area (Å²) < 4.78 is 25.2. The average molecular weight is 274 g/mol. The summed E-state index contributed by atoms with van der Waals surface area (Å²) in [4.78, 5) is 33.4. The lowest BCUT2D eigenvalue weighted by Gasteiger charge is -2.03. The molecule has 0 atom stereocenters. The molecule has 0 radical (unpaired) electrons. The summed E-state index contributed by atoms with van der Waals surface area (Å²) in [5.41, 5.74) is -0.323. The predicted octanol–water partition coefficient (Wildman–Crippen LogP) is 3.14. The molecule has 2 aromatic carbocycles. The lowest BCUT2D eigenvalue weighted by Crippen LogP contribution is -2.04. The van der Waals surface area contributed by atoms with Gasteiger partial charge in [0.15, 0.2) is 5.78 Å². The first-order chi connectivity index (χ1) is 9.49. The number of benzene rings is 2. The molecule has 0 saturated heterocycles. The third-order valence-electron chi connectivity index (χ3n) is 2.70. The van der Waals surface area contributed by atoms with Gasteiger partial charge in [-0.3, -0.25) is 14.4 Å². The zero-order valence-electron chi connectivity index (χ0n) is 10.1. The van der Waals surface area contributed by atoms with Gasteiger partial charge in [-0.15, -0.1) is 0 Å². The van der Waals surface area contributed by atoms with Crippen LogP contribution in [0, 0.1) is 0 Å². The Bertz CT molecular complexity index is 648. The van der Waals surface area contributed by atoms with Crippen LogP contribution < -0.4 is 0 Å². The van der Waals surface area contributed by atoms with Gasteiger partial charge in [0, 0.05) is 11.1 Å². The van der Waals surface area contributed by atoms with Crippen LogP contribution >= 0.6 is 0 Å². The highest BCUT2D eigenvalue weighted by molar-refractivity contribution is 6.10. The monoisotopic (exact) mass is 274 g/mol. The first-order valence-corrected chi connectivity index (χ1v) is 5.63. The van der Waals surface area contributed by atoms with E-state index in [1.807, 2.05) is 0 Å². The largest absolute Gasteiger partial charge is 0.332 e. The first-order valence-electron chi connectivity index (χ1n) is 5.63. The average Bonchev–Trinajstić information content (AvgIpc) is 2.46. The van der Waals surface area contributed by atoms with Crippen LogP contribution in [0.1, 0.15) is 36.6 Å². The van der Waals surface area contributed by atoms with Crippen molar-refractivity contribution in [3.63, 3.8) is 0 Å². The minimum Gasteiger partial charge on any atom is -0.289 e. The summed E-state index contributed by atoms with van der Waals surface area (Å²) in [6.45, 7) is 0. The van der Waals surface area contributed by atoms with E-state index >= 15 is 0 Å². The van der Waals surface area contributed by atoms with Gasteiger partial charge in [-0.25, -0.2) is 0 Å². The highest BCUT2D eigenvalue weighted by Gasteiger charge is 2.14. The summed E-state index contributed by atoms with van der Waals surface area (Å²) in [7, 11) is 0. The molecular weight excluding hydrogens is 266 g/mol. The topological polar surface area (TPSA) is 51.2 Å². The van der Waals surface area contributed by atoms with Crippen LogP contribution in [0.4, 0.5) is 8.78 Å². The summed E-state index contributed by atoms with van der Waals surface area (Å²) in [6.07, 6.45) is 0. The van der Waals surface area contributed by atoms with Gasteiger partial charge in [-0.2, -0.15) is 8.78 Å². The maximum Gasteiger partial charge on any atom is 0.332 e. The van der Waals surface area contributed by atoms with Crippen LogP contribution in [0.15, 0.2) is 48.5 Å². The molecular formula is C15H8F2O3. The lowest BCUT2D eigenvalue weighted by molar-refractivity contribution is 0.0826. The zero-order chi connectivity index (χ0) is 14.7. The van der Waals surface area contributed by atoms with Gasteiger partial charge in [-0.1, -0.05) is 24.3 Å².